The van der Waals surface area contributed by atoms with Gasteiger partial charge in [-0.25, -0.2) is 4.68 Å². The Kier molecular flexibility index (Phi) is 5.39. The molecule has 0 aliphatic carbocycles. The largest absolute Gasteiger partial charge is 0.309 e. The highest BCUT2D eigenvalue weighted by atomic mass is 35.5. The summed E-state index contributed by atoms with van der Waals surface area (Å²) >= 11 is 7.24. The smallest absolute Gasteiger partial charge is 0.235 e. The van der Waals surface area contributed by atoms with Gasteiger partial charge in [-0.2, -0.15) is 10.4 Å². The zero-order valence-corrected chi connectivity index (χ0v) is 14.6. The molecule has 124 valence electrons. The van der Waals surface area contributed by atoms with Crippen LogP contribution in [0.3, 0.4) is 0 Å². The molecule has 1 amide bonds. The quantitative estimate of drug-likeness (QED) is 0.687. The fourth-order valence-corrected chi connectivity index (χ4v) is 2.99. The molecule has 1 heterocycles. The van der Waals surface area contributed by atoms with Crippen molar-refractivity contribution < 1.29 is 4.79 Å². The van der Waals surface area contributed by atoms with E-state index in [-0.39, 0.29) is 11.7 Å². The van der Waals surface area contributed by atoms with Crippen molar-refractivity contribution in [1.29, 1.82) is 5.26 Å². The average Bonchev–Trinajstić information content (AvgIpc) is 3.04. The maximum absolute atomic E-state index is 12.3. The summed E-state index contributed by atoms with van der Waals surface area (Å²) in [6, 6.07) is 18.6. The average molecular weight is 369 g/mol. The Morgan fingerprint density at radius 3 is 2.60 bits per heavy atom. The van der Waals surface area contributed by atoms with Crippen LogP contribution >= 0.6 is 23.4 Å². The number of benzene rings is 2. The number of rotatable bonds is 5. The fourth-order valence-electron chi connectivity index (χ4n) is 2.16. The molecule has 0 fully saturated rings. The van der Waals surface area contributed by atoms with Gasteiger partial charge >= 0.3 is 0 Å². The summed E-state index contributed by atoms with van der Waals surface area (Å²) < 4.78 is 1.55. The van der Waals surface area contributed by atoms with Crippen molar-refractivity contribution in [1.82, 2.24) is 9.78 Å². The van der Waals surface area contributed by atoms with Crippen LogP contribution in [-0.4, -0.2) is 21.4 Å². The number of carbonyl (C=O) groups is 1. The summed E-state index contributed by atoms with van der Waals surface area (Å²) in [6.07, 6.45) is 1.44. The molecule has 25 heavy (non-hydrogen) atoms. The van der Waals surface area contributed by atoms with E-state index >= 15 is 0 Å². The van der Waals surface area contributed by atoms with Crippen LogP contribution in [0, 0.1) is 11.3 Å². The van der Waals surface area contributed by atoms with Crippen LogP contribution in [0.25, 0.3) is 5.69 Å². The highest BCUT2D eigenvalue weighted by Crippen LogP contribution is 2.22. The van der Waals surface area contributed by atoms with E-state index in [0.29, 0.717) is 16.4 Å². The first-order valence-corrected chi connectivity index (χ1v) is 8.75. The number of nitriles is 1. The van der Waals surface area contributed by atoms with Gasteiger partial charge in [0.05, 0.1) is 17.6 Å². The van der Waals surface area contributed by atoms with Gasteiger partial charge in [-0.05, 0) is 36.4 Å². The second kappa shape index (κ2) is 7.88. The number of anilines is 1. The molecule has 5 nitrogen and oxygen atoms in total. The maximum Gasteiger partial charge on any atom is 0.235 e. The van der Waals surface area contributed by atoms with Gasteiger partial charge in [0.15, 0.2) is 5.82 Å². The minimum Gasteiger partial charge on any atom is -0.309 e. The Bertz CT molecular complexity index is 916. The Balaban J connectivity index is 1.73. The first kappa shape index (κ1) is 17.1. The Labute approximate surface area is 154 Å². The van der Waals surface area contributed by atoms with Gasteiger partial charge in [-0.15, -0.1) is 11.8 Å². The van der Waals surface area contributed by atoms with Crippen LogP contribution in [0.4, 0.5) is 5.82 Å². The third kappa shape index (κ3) is 4.21. The third-order valence-electron chi connectivity index (χ3n) is 3.33. The van der Waals surface area contributed by atoms with Crippen molar-refractivity contribution in [3.05, 3.63) is 71.4 Å². The van der Waals surface area contributed by atoms with E-state index in [2.05, 4.69) is 16.5 Å². The first-order valence-electron chi connectivity index (χ1n) is 7.39. The van der Waals surface area contributed by atoms with Crippen molar-refractivity contribution in [3.8, 4) is 11.8 Å². The molecular formula is C18H13ClN4OS. The lowest BCUT2D eigenvalue weighted by molar-refractivity contribution is -0.113. The van der Waals surface area contributed by atoms with Crippen LogP contribution in [0.5, 0.6) is 0 Å². The Morgan fingerprint density at radius 2 is 1.92 bits per heavy atom. The van der Waals surface area contributed by atoms with Gasteiger partial charge in [0.2, 0.25) is 5.91 Å². The summed E-state index contributed by atoms with van der Waals surface area (Å²) in [4.78, 5) is 13.2. The van der Waals surface area contributed by atoms with Gasteiger partial charge in [0.1, 0.15) is 11.6 Å². The molecule has 1 aromatic heterocycles. The van der Waals surface area contributed by atoms with Crippen molar-refractivity contribution in [3.63, 3.8) is 0 Å². The highest BCUT2D eigenvalue weighted by molar-refractivity contribution is 8.00. The van der Waals surface area contributed by atoms with E-state index in [9.17, 15) is 10.1 Å². The molecule has 3 rings (SSSR count). The van der Waals surface area contributed by atoms with E-state index < -0.39 is 0 Å². The van der Waals surface area contributed by atoms with Gasteiger partial charge in [-0.3, -0.25) is 4.79 Å². The first-order chi connectivity index (χ1) is 12.2. The van der Waals surface area contributed by atoms with Crippen LogP contribution in [0.15, 0.2) is 65.7 Å². The lowest BCUT2D eigenvalue weighted by Gasteiger charge is -2.09. The van der Waals surface area contributed by atoms with Gasteiger partial charge < -0.3 is 5.32 Å². The maximum atomic E-state index is 12.3. The van der Waals surface area contributed by atoms with E-state index in [4.69, 9.17) is 11.6 Å². The van der Waals surface area contributed by atoms with Gasteiger partial charge in [0, 0.05) is 9.92 Å². The number of thioether (sulfide) groups is 1. The van der Waals surface area contributed by atoms with Gasteiger partial charge in [-0.1, -0.05) is 29.8 Å². The van der Waals surface area contributed by atoms with E-state index in [1.807, 2.05) is 42.5 Å². The number of amides is 1. The minimum atomic E-state index is -0.214. The van der Waals surface area contributed by atoms with E-state index in [1.54, 1.807) is 16.8 Å². The number of carbonyl (C=O) groups excluding carboxylic acids is 1. The lowest BCUT2D eigenvalue weighted by Crippen LogP contribution is -2.17. The number of para-hydroxylation sites is 1. The lowest BCUT2D eigenvalue weighted by atomic mass is 10.3. The number of nitrogens with one attached hydrogen (secondary N) is 1. The number of hydrogen-bond donors (Lipinski definition) is 1. The fraction of sp³-hybridized carbons (Fsp3) is 0.0556. The molecule has 0 unspecified atom stereocenters. The molecule has 0 aliphatic heterocycles. The van der Waals surface area contributed by atoms with Crippen molar-refractivity contribution in [2.45, 2.75) is 4.90 Å². The van der Waals surface area contributed by atoms with Crippen LogP contribution < -0.4 is 5.32 Å². The van der Waals surface area contributed by atoms with Crippen LogP contribution in [0.2, 0.25) is 5.02 Å². The Hall–Kier alpha value is -2.75. The summed E-state index contributed by atoms with van der Waals surface area (Å²) in [5.74, 6) is 0.372. The molecule has 2 aromatic carbocycles. The van der Waals surface area contributed by atoms with E-state index in [1.165, 1.54) is 18.0 Å². The van der Waals surface area contributed by atoms with Crippen molar-refractivity contribution in [2.75, 3.05) is 11.1 Å². The number of halogens is 1. The second-order valence-electron chi connectivity index (χ2n) is 5.06. The predicted octanol–water partition coefficient (Wildman–Crippen LogP) is 4.13. The summed E-state index contributed by atoms with van der Waals surface area (Å²) in [5, 5.41) is 16.9. The molecule has 0 aliphatic rings. The molecule has 0 bridgehead atoms. The summed E-state index contributed by atoms with van der Waals surface area (Å²) in [6.45, 7) is 0. The third-order valence-corrected chi connectivity index (χ3v) is 4.60. The molecule has 0 radical (unpaired) electrons. The highest BCUT2D eigenvalue weighted by Gasteiger charge is 2.15. The zero-order valence-electron chi connectivity index (χ0n) is 13.0. The van der Waals surface area contributed by atoms with Crippen LogP contribution in [0.1, 0.15) is 5.56 Å². The monoisotopic (exact) mass is 368 g/mol. The van der Waals surface area contributed by atoms with E-state index in [0.717, 1.165) is 10.6 Å². The zero-order chi connectivity index (χ0) is 17.6. The molecule has 0 saturated heterocycles. The summed E-state index contributed by atoms with van der Waals surface area (Å²) in [7, 11) is 0. The number of aromatic nitrogens is 2. The molecule has 7 heteroatoms. The van der Waals surface area contributed by atoms with Gasteiger partial charge in [0.25, 0.3) is 0 Å². The molecule has 1 N–H and O–H groups in total. The Morgan fingerprint density at radius 1 is 1.20 bits per heavy atom. The normalized spacial score (nSPS) is 10.2. The van der Waals surface area contributed by atoms with Crippen molar-refractivity contribution >= 4 is 35.1 Å². The molecule has 3 aromatic rings. The summed E-state index contributed by atoms with van der Waals surface area (Å²) in [5.41, 5.74) is 1.08. The molecule has 0 spiro atoms. The SMILES string of the molecule is N#Cc1cnn(-c2ccccc2)c1NC(=O)CSc1ccc(Cl)cc1. The number of hydrogen-bond acceptors (Lipinski definition) is 4. The standard InChI is InChI=1S/C18H13ClN4OS/c19-14-6-8-16(9-7-14)25-12-17(24)22-18-13(10-20)11-21-23(18)15-4-2-1-3-5-15/h1-9,11H,12H2,(H,22,24). The van der Waals surface area contributed by atoms with Crippen molar-refractivity contribution in [2.24, 2.45) is 0 Å². The second-order valence-corrected chi connectivity index (χ2v) is 6.54. The van der Waals surface area contributed by atoms with Crippen LogP contribution in [-0.2, 0) is 4.79 Å². The topological polar surface area (TPSA) is 70.7 Å². The molecular weight excluding hydrogens is 356 g/mol. The molecule has 0 saturated carbocycles. The minimum absolute atomic E-state index is 0.214. The molecule has 0 atom stereocenters. The number of nitrogens with zero attached hydrogens (tertiary/aromatic N) is 3. The predicted molar refractivity (Wildman–Crippen MR) is 99.1 cm³/mol.